The van der Waals surface area contributed by atoms with Gasteiger partial charge in [0.05, 0.1) is 0 Å². The van der Waals surface area contributed by atoms with Gasteiger partial charge >= 0.3 is 0 Å². The third kappa shape index (κ3) is 6.09. The molecule has 1 aromatic rings. The number of benzene rings is 1. The van der Waals surface area contributed by atoms with E-state index in [9.17, 15) is 5.11 Å². The maximum atomic E-state index is 9.80. The lowest BCUT2D eigenvalue weighted by molar-refractivity contribution is 0.0789. The van der Waals surface area contributed by atoms with Crippen molar-refractivity contribution in [2.75, 3.05) is 26.7 Å². The highest BCUT2D eigenvalue weighted by Gasteiger charge is 2.08. The lowest BCUT2D eigenvalue weighted by Crippen LogP contribution is -2.33. The van der Waals surface area contributed by atoms with Gasteiger partial charge in [-0.05, 0) is 26.1 Å². The van der Waals surface area contributed by atoms with E-state index < -0.39 is 6.10 Å². The lowest BCUT2D eigenvalue weighted by atomic mass is 10.3. The van der Waals surface area contributed by atoms with Crippen molar-refractivity contribution in [3.63, 3.8) is 0 Å². The smallest absolute Gasteiger partial charge is 0.119 e. The predicted molar refractivity (Wildman–Crippen MR) is 70.3 cm³/mol. The summed E-state index contributed by atoms with van der Waals surface area (Å²) in [6, 6.07) is 9.52. The van der Waals surface area contributed by atoms with Crippen molar-refractivity contribution in [1.29, 1.82) is 0 Å². The van der Waals surface area contributed by atoms with E-state index in [1.807, 2.05) is 49.2 Å². The molecule has 1 unspecified atom stereocenters. The van der Waals surface area contributed by atoms with Gasteiger partial charge in [-0.1, -0.05) is 30.4 Å². The summed E-state index contributed by atoms with van der Waals surface area (Å²) in [7, 11) is 1.96. The monoisotopic (exact) mass is 235 g/mol. The summed E-state index contributed by atoms with van der Waals surface area (Å²) < 4.78 is 5.47. The van der Waals surface area contributed by atoms with Crippen molar-refractivity contribution < 1.29 is 9.84 Å². The van der Waals surface area contributed by atoms with Gasteiger partial charge in [0.1, 0.15) is 18.5 Å². The van der Waals surface area contributed by atoms with Gasteiger partial charge in [-0.25, -0.2) is 0 Å². The van der Waals surface area contributed by atoms with Crippen LogP contribution in [0.4, 0.5) is 0 Å². The fourth-order valence-electron chi connectivity index (χ4n) is 1.65. The third-order valence-electron chi connectivity index (χ3n) is 2.25. The number of rotatable bonds is 7. The number of aliphatic hydroxyl groups is 1. The van der Waals surface area contributed by atoms with Crippen molar-refractivity contribution in [3.8, 4) is 5.75 Å². The molecular weight excluding hydrogens is 214 g/mol. The Bertz CT molecular complexity index is 337. The largest absolute Gasteiger partial charge is 0.491 e. The molecule has 1 rings (SSSR count). The van der Waals surface area contributed by atoms with Crippen LogP contribution in [0.2, 0.25) is 0 Å². The topological polar surface area (TPSA) is 32.7 Å². The second-order valence-electron chi connectivity index (χ2n) is 4.43. The molecular formula is C14H21NO2. The van der Waals surface area contributed by atoms with Crippen molar-refractivity contribution in [2.24, 2.45) is 0 Å². The molecule has 94 valence electrons. The summed E-state index contributed by atoms with van der Waals surface area (Å²) in [6.45, 7) is 7.50. The average Bonchev–Trinajstić information content (AvgIpc) is 2.26. The summed E-state index contributed by atoms with van der Waals surface area (Å²) in [6.07, 6.45) is -0.487. The zero-order chi connectivity index (χ0) is 12.7. The number of hydrogen-bond donors (Lipinski definition) is 1. The van der Waals surface area contributed by atoms with Crippen LogP contribution < -0.4 is 4.74 Å². The van der Waals surface area contributed by atoms with Gasteiger partial charge < -0.3 is 9.84 Å². The highest BCUT2D eigenvalue weighted by atomic mass is 16.5. The van der Waals surface area contributed by atoms with E-state index in [0.29, 0.717) is 13.2 Å². The molecule has 0 saturated carbocycles. The van der Waals surface area contributed by atoms with Gasteiger partial charge in [-0.3, -0.25) is 4.90 Å². The van der Waals surface area contributed by atoms with Gasteiger partial charge in [0, 0.05) is 13.1 Å². The van der Waals surface area contributed by atoms with E-state index in [1.54, 1.807) is 0 Å². The Morgan fingerprint density at radius 1 is 1.41 bits per heavy atom. The fraction of sp³-hybridized carbons (Fsp3) is 0.429. The Balaban J connectivity index is 2.25. The third-order valence-corrected chi connectivity index (χ3v) is 2.25. The van der Waals surface area contributed by atoms with E-state index in [-0.39, 0.29) is 0 Å². The van der Waals surface area contributed by atoms with Crippen LogP contribution >= 0.6 is 0 Å². The van der Waals surface area contributed by atoms with Crippen molar-refractivity contribution in [1.82, 2.24) is 4.90 Å². The summed E-state index contributed by atoms with van der Waals surface area (Å²) in [4.78, 5) is 2.03. The Morgan fingerprint density at radius 2 is 2.06 bits per heavy atom. The molecule has 0 heterocycles. The van der Waals surface area contributed by atoms with Gasteiger partial charge in [-0.2, -0.15) is 0 Å². The fourth-order valence-corrected chi connectivity index (χ4v) is 1.65. The van der Waals surface area contributed by atoms with Crippen LogP contribution in [0.1, 0.15) is 6.92 Å². The number of likely N-dealkylation sites (N-methyl/N-ethyl adjacent to an activating group) is 1. The van der Waals surface area contributed by atoms with Crippen LogP contribution in [0.5, 0.6) is 5.75 Å². The Morgan fingerprint density at radius 3 is 2.65 bits per heavy atom. The first-order valence-electron chi connectivity index (χ1n) is 5.76. The van der Waals surface area contributed by atoms with E-state index in [4.69, 9.17) is 4.74 Å². The standard InChI is InChI=1S/C14H21NO2/c1-12(2)9-15(3)10-13(16)11-17-14-7-5-4-6-8-14/h4-8,13,16H,1,9-11H2,2-3H3. The molecule has 0 aromatic heterocycles. The molecule has 0 spiro atoms. The van der Waals surface area contributed by atoms with Crippen LogP contribution in [0, 0.1) is 0 Å². The normalized spacial score (nSPS) is 12.5. The molecule has 0 aliphatic carbocycles. The van der Waals surface area contributed by atoms with Crippen LogP contribution in [-0.2, 0) is 0 Å². The summed E-state index contributed by atoms with van der Waals surface area (Å²) in [5.74, 6) is 0.786. The minimum Gasteiger partial charge on any atom is -0.491 e. The Labute approximate surface area is 103 Å². The molecule has 0 bridgehead atoms. The average molecular weight is 235 g/mol. The van der Waals surface area contributed by atoms with E-state index in [1.165, 1.54) is 0 Å². The highest BCUT2D eigenvalue weighted by Crippen LogP contribution is 2.08. The first-order chi connectivity index (χ1) is 8.08. The van der Waals surface area contributed by atoms with Gasteiger partial charge in [0.2, 0.25) is 0 Å². The van der Waals surface area contributed by atoms with Crippen molar-refractivity contribution in [2.45, 2.75) is 13.0 Å². The number of hydrogen-bond acceptors (Lipinski definition) is 3. The Hall–Kier alpha value is -1.32. The maximum absolute atomic E-state index is 9.80. The van der Waals surface area contributed by atoms with Gasteiger partial charge in [0.25, 0.3) is 0 Å². The molecule has 17 heavy (non-hydrogen) atoms. The van der Waals surface area contributed by atoms with E-state index >= 15 is 0 Å². The minimum atomic E-state index is -0.487. The molecule has 1 N–H and O–H groups in total. The predicted octanol–water partition coefficient (Wildman–Crippen LogP) is 1.93. The first-order valence-corrected chi connectivity index (χ1v) is 5.76. The van der Waals surface area contributed by atoms with Crippen LogP contribution in [0.3, 0.4) is 0 Å². The lowest BCUT2D eigenvalue weighted by Gasteiger charge is -2.20. The highest BCUT2D eigenvalue weighted by molar-refractivity contribution is 5.20. The van der Waals surface area contributed by atoms with Crippen LogP contribution in [0.15, 0.2) is 42.5 Å². The number of para-hydroxylation sites is 1. The summed E-state index contributed by atoms with van der Waals surface area (Å²) in [5, 5.41) is 9.80. The molecule has 1 atom stereocenters. The molecule has 1 aromatic carbocycles. The molecule has 0 aliphatic heterocycles. The molecule has 3 nitrogen and oxygen atoms in total. The molecule has 0 saturated heterocycles. The molecule has 0 fully saturated rings. The van der Waals surface area contributed by atoms with Crippen molar-refractivity contribution in [3.05, 3.63) is 42.5 Å². The number of ether oxygens (including phenoxy) is 1. The zero-order valence-electron chi connectivity index (χ0n) is 10.6. The summed E-state index contributed by atoms with van der Waals surface area (Å²) >= 11 is 0. The molecule has 0 radical (unpaired) electrons. The van der Waals surface area contributed by atoms with Crippen LogP contribution in [-0.4, -0.2) is 42.9 Å². The number of nitrogens with zero attached hydrogens (tertiary/aromatic N) is 1. The van der Waals surface area contributed by atoms with Crippen LogP contribution in [0.25, 0.3) is 0 Å². The minimum absolute atomic E-state index is 0.310. The van der Waals surface area contributed by atoms with Gasteiger partial charge in [0.15, 0.2) is 0 Å². The van der Waals surface area contributed by atoms with E-state index in [0.717, 1.165) is 17.9 Å². The zero-order valence-corrected chi connectivity index (χ0v) is 10.6. The summed E-state index contributed by atoms with van der Waals surface area (Å²) in [5.41, 5.74) is 1.09. The SMILES string of the molecule is C=C(C)CN(C)CC(O)COc1ccccc1. The second-order valence-corrected chi connectivity index (χ2v) is 4.43. The van der Waals surface area contributed by atoms with Crippen molar-refractivity contribution >= 4 is 0 Å². The Kier molecular flexibility index (Phi) is 5.73. The maximum Gasteiger partial charge on any atom is 0.119 e. The van der Waals surface area contributed by atoms with Gasteiger partial charge in [-0.15, -0.1) is 0 Å². The first kappa shape index (κ1) is 13.7. The van der Waals surface area contributed by atoms with E-state index in [2.05, 4.69) is 6.58 Å². The molecule has 0 aliphatic rings. The molecule has 0 amide bonds. The molecule has 3 heteroatoms. The second kappa shape index (κ2) is 7.09. The number of aliphatic hydroxyl groups excluding tert-OH is 1. The quantitative estimate of drug-likeness (QED) is 0.733.